The molecule has 1 aliphatic heterocycles. The van der Waals surface area contributed by atoms with Crippen LogP contribution >= 0.6 is 0 Å². The van der Waals surface area contributed by atoms with E-state index in [-0.39, 0.29) is 12.0 Å². The van der Waals surface area contributed by atoms with E-state index in [1.54, 1.807) is 4.90 Å². The Morgan fingerprint density at radius 3 is 2.89 bits per heavy atom. The summed E-state index contributed by atoms with van der Waals surface area (Å²) in [5.41, 5.74) is 2.24. The van der Waals surface area contributed by atoms with Gasteiger partial charge in [-0.3, -0.25) is 9.48 Å². The lowest BCUT2D eigenvalue weighted by molar-refractivity contribution is -0.135. The minimum atomic E-state index is -0.377. The molecular weight excluding hydrogens is 242 g/mol. The molecule has 0 saturated carbocycles. The SMILES string of the molecule is Cc1c(CCC(=O)N2CCC(C)C(O)C2)cnn1C. The number of rotatable bonds is 3. The van der Waals surface area contributed by atoms with Crippen molar-refractivity contribution >= 4 is 5.91 Å². The average molecular weight is 265 g/mol. The smallest absolute Gasteiger partial charge is 0.222 e. The molecule has 1 saturated heterocycles. The van der Waals surface area contributed by atoms with Gasteiger partial charge >= 0.3 is 0 Å². The summed E-state index contributed by atoms with van der Waals surface area (Å²) < 4.78 is 1.83. The van der Waals surface area contributed by atoms with Crippen LogP contribution in [0.2, 0.25) is 0 Å². The van der Waals surface area contributed by atoms with Crippen LogP contribution in [0.1, 0.15) is 31.0 Å². The zero-order valence-electron chi connectivity index (χ0n) is 12.0. The molecule has 0 spiro atoms. The number of aliphatic hydroxyl groups excluding tert-OH is 1. The molecule has 2 unspecified atom stereocenters. The summed E-state index contributed by atoms with van der Waals surface area (Å²) in [6.45, 7) is 5.29. The molecule has 19 heavy (non-hydrogen) atoms. The van der Waals surface area contributed by atoms with Crippen molar-refractivity contribution in [2.75, 3.05) is 13.1 Å². The molecule has 1 fully saturated rings. The third-order valence-corrected chi connectivity index (χ3v) is 4.22. The number of β-amino-alcohol motifs (C(OH)–C–C–N with tert-alkyl or cyclic N) is 1. The Labute approximate surface area is 114 Å². The Balaban J connectivity index is 1.86. The monoisotopic (exact) mass is 265 g/mol. The Bertz CT molecular complexity index is 456. The van der Waals surface area contributed by atoms with E-state index in [4.69, 9.17) is 0 Å². The average Bonchev–Trinajstić information content (AvgIpc) is 2.70. The second kappa shape index (κ2) is 5.74. The maximum atomic E-state index is 12.1. The highest BCUT2D eigenvalue weighted by Gasteiger charge is 2.26. The number of aliphatic hydroxyl groups is 1. The molecule has 1 amide bonds. The number of nitrogens with zero attached hydrogens (tertiary/aromatic N) is 3. The number of piperidine rings is 1. The largest absolute Gasteiger partial charge is 0.391 e. The van der Waals surface area contributed by atoms with Gasteiger partial charge in [0.2, 0.25) is 5.91 Å². The van der Waals surface area contributed by atoms with Crippen molar-refractivity contribution in [3.05, 3.63) is 17.5 Å². The van der Waals surface area contributed by atoms with Gasteiger partial charge in [0.1, 0.15) is 0 Å². The van der Waals surface area contributed by atoms with Gasteiger partial charge in [-0.2, -0.15) is 5.10 Å². The van der Waals surface area contributed by atoms with Gasteiger partial charge in [0.15, 0.2) is 0 Å². The number of hydrogen-bond acceptors (Lipinski definition) is 3. The number of carbonyl (C=O) groups excluding carboxylic acids is 1. The van der Waals surface area contributed by atoms with E-state index in [1.165, 1.54) is 0 Å². The Hall–Kier alpha value is -1.36. The number of aryl methyl sites for hydroxylation is 2. The van der Waals surface area contributed by atoms with Crippen molar-refractivity contribution < 1.29 is 9.90 Å². The standard InChI is InChI=1S/C14H23N3O2/c1-10-6-7-17(9-13(10)18)14(19)5-4-12-8-15-16(3)11(12)2/h8,10,13,18H,4-7,9H2,1-3H3. The van der Waals surface area contributed by atoms with E-state index >= 15 is 0 Å². The van der Waals surface area contributed by atoms with E-state index in [0.717, 1.165) is 30.6 Å². The normalized spacial score (nSPS) is 23.7. The van der Waals surface area contributed by atoms with Crippen molar-refractivity contribution in [3.8, 4) is 0 Å². The number of aromatic nitrogens is 2. The van der Waals surface area contributed by atoms with Crippen molar-refractivity contribution in [3.63, 3.8) is 0 Å². The lowest BCUT2D eigenvalue weighted by Gasteiger charge is -2.34. The molecule has 1 aromatic heterocycles. The highest BCUT2D eigenvalue weighted by Crippen LogP contribution is 2.18. The summed E-state index contributed by atoms with van der Waals surface area (Å²) in [4.78, 5) is 13.9. The summed E-state index contributed by atoms with van der Waals surface area (Å²) in [6, 6.07) is 0. The van der Waals surface area contributed by atoms with Gasteiger partial charge in [0.25, 0.3) is 0 Å². The first-order valence-corrected chi connectivity index (χ1v) is 6.92. The molecule has 1 aliphatic rings. The summed E-state index contributed by atoms with van der Waals surface area (Å²) >= 11 is 0. The Kier molecular flexibility index (Phi) is 4.24. The molecule has 5 nitrogen and oxygen atoms in total. The fourth-order valence-electron chi connectivity index (χ4n) is 2.46. The molecule has 2 heterocycles. The van der Waals surface area contributed by atoms with Crippen molar-refractivity contribution in [1.82, 2.24) is 14.7 Å². The highest BCUT2D eigenvalue weighted by molar-refractivity contribution is 5.76. The molecule has 0 aromatic carbocycles. The maximum Gasteiger partial charge on any atom is 0.222 e. The number of hydrogen-bond donors (Lipinski definition) is 1. The van der Waals surface area contributed by atoms with Crippen LogP contribution in [0, 0.1) is 12.8 Å². The Morgan fingerprint density at radius 2 is 2.32 bits per heavy atom. The third-order valence-electron chi connectivity index (χ3n) is 4.22. The van der Waals surface area contributed by atoms with Crippen LogP contribution in [-0.2, 0) is 18.3 Å². The second-order valence-corrected chi connectivity index (χ2v) is 5.55. The molecule has 1 N–H and O–H groups in total. The quantitative estimate of drug-likeness (QED) is 0.883. The summed E-state index contributed by atoms with van der Waals surface area (Å²) in [5.74, 6) is 0.429. The number of amides is 1. The van der Waals surface area contributed by atoms with Crippen LogP contribution < -0.4 is 0 Å². The van der Waals surface area contributed by atoms with Crippen molar-refractivity contribution in [2.24, 2.45) is 13.0 Å². The van der Waals surface area contributed by atoms with Crippen LogP contribution in [-0.4, -0.2) is 44.9 Å². The zero-order valence-corrected chi connectivity index (χ0v) is 12.0. The molecular formula is C14H23N3O2. The van der Waals surface area contributed by atoms with E-state index < -0.39 is 0 Å². The summed E-state index contributed by atoms with van der Waals surface area (Å²) in [6.07, 6.45) is 3.56. The van der Waals surface area contributed by atoms with E-state index in [1.807, 2.05) is 31.8 Å². The van der Waals surface area contributed by atoms with Gasteiger partial charge in [-0.05, 0) is 31.2 Å². The van der Waals surface area contributed by atoms with Gasteiger partial charge in [0, 0.05) is 32.3 Å². The first-order chi connectivity index (χ1) is 8.99. The summed E-state index contributed by atoms with van der Waals surface area (Å²) in [5, 5.41) is 14.0. The van der Waals surface area contributed by atoms with E-state index in [0.29, 0.717) is 18.9 Å². The first kappa shape index (κ1) is 14.1. The van der Waals surface area contributed by atoms with Gasteiger partial charge in [-0.1, -0.05) is 6.92 Å². The van der Waals surface area contributed by atoms with Crippen LogP contribution in [0.3, 0.4) is 0 Å². The minimum Gasteiger partial charge on any atom is -0.391 e. The molecule has 2 rings (SSSR count). The molecule has 0 bridgehead atoms. The minimum absolute atomic E-state index is 0.134. The van der Waals surface area contributed by atoms with Crippen LogP contribution in [0.25, 0.3) is 0 Å². The molecule has 0 aliphatic carbocycles. The van der Waals surface area contributed by atoms with Crippen molar-refractivity contribution in [2.45, 2.75) is 39.2 Å². The topological polar surface area (TPSA) is 58.4 Å². The molecule has 0 radical (unpaired) electrons. The van der Waals surface area contributed by atoms with E-state index in [2.05, 4.69) is 5.10 Å². The second-order valence-electron chi connectivity index (χ2n) is 5.55. The fourth-order valence-corrected chi connectivity index (χ4v) is 2.46. The predicted molar refractivity (Wildman–Crippen MR) is 72.6 cm³/mol. The first-order valence-electron chi connectivity index (χ1n) is 6.92. The maximum absolute atomic E-state index is 12.1. The van der Waals surface area contributed by atoms with Gasteiger partial charge in [-0.25, -0.2) is 0 Å². The Morgan fingerprint density at radius 1 is 1.58 bits per heavy atom. The van der Waals surface area contributed by atoms with Crippen molar-refractivity contribution in [1.29, 1.82) is 0 Å². The van der Waals surface area contributed by atoms with E-state index in [9.17, 15) is 9.90 Å². The lowest BCUT2D eigenvalue weighted by atomic mass is 9.95. The third kappa shape index (κ3) is 3.15. The fraction of sp³-hybridized carbons (Fsp3) is 0.714. The van der Waals surface area contributed by atoms with Gasteiger partial charge in [0.05, 0.1) is 12.3 Å². The molecule has 2 atom stereocenters. The number of carbonyl (C=O) groups is 1. The van der Waals surface area contributed by atoms with Crippen LogP contribution in [0.15, 0.2) is 6.20 Å². The molecule has 5 heteroatoms. The molecule has 1 aromatic rings. The van der Waals surface area contributed by atoms with Gasteiger partial charge < -0.3 is 10.0 Å². The highest BCUT2D eigenvalue weighted by atomic mass is 16.3. The van der Waals surface area contributed by atoms with Crippen LogP contribution in [0.4, 0.5) is 0 Å². The molecule has 106 valence electrons. The predicted octanol–water partition coefficient (Wildman–Crippen LogP) is 0.890. The van der Waals surface area contributed by atoms with Gasteiger partial charge in [-0.15, -0.1) is 0 Å². The van der Waals surface area contributed by atoms with Crippen LogP contribution in [0.5, 0.6) is 0 Å². The number of likely N-dealkylation sites (tertiary alicyclic amines) is 1. The summed E-state index contributed by atoms with van der Waals surface area (Å²) in [7, 11) is 1.91. The zero-order chi connectivity index (χ0) is 14.0. The lowest BCUT2D eigenvalue weighted by Crippen LogP contribution is -2.45.